The lowest BCUT2D eigenvalue weighted by Crippen LogP contribution is -2.31. The number of halogens is 1. The molecule has 7 nitrogen and oxygen atoms in total. The molecule has 0 aliphatic heterocycles. The smallest absolute Gasteiger partial charge is 0.412 e. The van der Waals surface area contributed by atoms with E-state index in [1.807, 2.05) is 36.4 Å². The highest BCUT2D eigenvalue weighted by molar-refractivity contribution is 6.00. The van der Waals surface area contributed by atoms with Crippen molar-refractivity contribution in [2.45, 2.75) is 25.0 Å². The summed E-state index contributed by atoms with van der Waals surface area (Å²) in [5.41, 5.74) is 0.796. The summed E-state index contributed by atoms with van der Waals surface area (Å²) in [7, 11) is 0. The van der Waals surface area contributed by atoms with Crippen molar-refractivity contribution in [1.82, 2.24) is 0 Å². The molecule has 4 aromatic carbocycles. The zero-order chi connectivity index (χ0) is 26.9. The first-order chi connectivity index (χ1) is 18.4. The molecule has 0 saturated carbocycles. The Balaban J connectivity index is 1.65. The first-order valence-electron chi connectivity index (χ1n) is 12.0. The van der Waals surface area contributed by atoms with E-state index in [4.69, 9.17) is 14.6 Å². The molecule has 194 valence electrons. The number of benzene rings is 4. The number of nitrogens with one attached hydrogen (secondary N) is 1. The molecule has 0 aromatic heterocycles. The van der Waals surface area contributed by atoms with Gasteiger partial charge in [0.2, 0.25) is 0 Å². The highest BCUT2D eigenvalue weighted by Crippen LogP contribution is 2.32. The van der Waals surface area contributed by atoms with E-state index in [2.05, 4.69) is 5.32 Å². The van der Waals surface area contributed by atoms with Crippen LogP contribution in [0.4, 0.5) is 14.9 Å². The number of phenols is 1. The fraction of sp³-hybridized carbons (Fsp3) is 0.133. The predicted molar refractivity (Wildman–Crippen MR) is 142 cm³/mol. The third-order valence-electron chi connectivity index (χ3n) is 5.81. The van der Waals surface area contributed by atoms with Gasteiger partial charge in [0, 0.05) is 11.5 Å². The third-order valence-corrected chi connectivity index (χ3v) is 5.81. The summed E-state index contributed by atoms with van der Waals surface area (Å²) in [5.74, 6) is -2.03. The molecule has 8 heteroatoms. The van der Waals surface area contributed by atoms with Crippen molar-refractivity contribution in [2.75, 3.05) is 5.32 Å². The predicted octanol–water partition coefficient (Wildman–Crippen LogP) is 6.84. The first-order valence-corrected chi connectivity index (χ1v) is 12.0. The topological polar surface area (TPSA) is 105 Å². The summed E-state index contributed by atoms with van der Waals surface area (Å²) >= 11 is 0. The van der Waals surface area contributed by atoms with Crippen LogP contribution in [0.5, 0.6) is 11.5 Å². The number of carboxylic acids is 1. The lowest BCUT2D eigenvalue weighted by atomic mass is 9.99. The van der Waals surface area contributed by atoms with Crippen molar-refractivity contribution in [3.8, 4) is 11.5 Å². The number of anilines is 1. The molecule has 0 unspecified atom stereocenters. The van der Waals surface area contributed by atoms with E-state index in [0.29, 0.717) is 11.4 Å². The number of allylic oxidation sites excluding steroid dienone is 1. The summed E-state index contributed by atoms with van der Waals surface area (Å²) < 4.78 is 26.4. The van der Waals surface area contributed by atoms with Crippen LogP contribution in [0, 0.1) is 5.82 Å². The van der Waals surface area contributed by atoms with Crippen LogP contribution in [0.3, 0.4) is 0 Å². The third kappa shape index (κ3) is 6.88. The number of aromatic hydroxyl groups is 1. The fourth-order valence-electron chi connectivity index (χ4n) is 4.04. The van der Waals surface area contributed by atoms with Crippen LogP contribution < -0.4 is 10.1 Å². The van der Waals surface area contributed by atoms with Gasteiger partial charge in [-0.2, -0.15) is 0 Å². The van der Waals surface area contributed by atoms with Gasteiger partial charge in [0.15, 0.2) is 17.7 Å². The number of hydrogen-bond donors (Lipinski definition) is 3. The van der Waals surface area contributed by atoms with Crippen molar-refractivity contribution in [3.05, 3.63) is 115 Å². The van der Waals surface area contributed by atoms with Crippen molar-refractivity contribution < 1.29 is 33.7 Å². The molecule has 0 spiro atoms. The highest BCUT2D eigenvalue weighted by Gasteiger charge is 2.30. The Bertz CT molecular complexity index is 1430. The van der Waals surface area contributed by atoms with Crippen LogP contribution in [0.15, 0.2) is 103 Å². The molecule has 2 atom stereocenters. The summed E-state index contributed by atoms with van der Waals surface area (Å²) in [4.78, 5) is 24.1. The van der Waals surface area contributed by atoms with Gasteiger partial charge in [-0.3, -0.25) is 5.32 Å². The van der Waals surface area contributed by atoms with E-state index in [9.17, 15) is 19.1 Å². The normalized spacial score (nSPS) is 12.7. The molecule has 3 N–H and O–H groups in total. The van der Waals surface area contributed by atoms with Crippen molar-refractivity contribution in [1.29, 1.82) is 0 Å². The first kappa shape index (κ1) is 26.2. The Morgan fingerprint density at radius 2 is 1.68 bits per heavy atom. The Morgan fingerprint density at radius 3 is 2.45 bits per heavy atom. The van der Waals surface area contributed by atoms with E-state index in [1.165, 1.54) is 18.2 Å². The average molecular weight is 516 g/mol. The average Bonchev–Trinajstić information content (AvgIpc) is 2.91. The Labute approximate surface area is 218 Å². The Morgan fingerprint density at radius 1 is 0.947 bits per heavy atom. The maximum Gasteiger partial charge on any atom is 0.412 e. The zero-order valence-corrected chi connectivity index (χ0v) is 20.3. The van der Waals surface area contributed by atoms with Gasteiger partial charge in [-0.1, -0.05) is 66.7 Å². The van der Waals surface area contributed by atoms with Gasteiger partial charge in [0.05, 0.1) is 5.69 Å². The molecule has 0 aliphatic carbocycles. The molecule has 0 heterocycles. The highest BCUT2D eigenvalue weighted by atomic mass is 19.1. The molecule has 4 aromatic rings. The fourth-order valence-corrected chi connectivity index (χ4v) is 4.04. The van der Waals surface area contributed by atoms with Gasteiger partial charge in [-0.05, 0) is 54.1 Å². The van der Waals surface area contributed by atoms with Crippen molar-refractivity contribution in [3.63, 3.8) is 0 Å². The molecule has 1 amide bonds. The van der Waals surface area contributed by atoms with E-state index in [-0.39, 0.29) is 18.4 Å². The molecule has 0 aliphatic rings. The minimum Gasteiger partial charge on any atom is -0.505 e. The maximum absolute atomic E-state index is 14.4. The van der Waals surface area contributed by atoms with E-state index < -0.39 is 35.8 Å². The van der Waals surface area contributed by atoms with Gasteiger partial charge >= 0.3 is 12.1 Å². The molecule has 4 rings (SSSR count). The number of carbonyl (C=O) groups is 2. The van der Waals surface area contributed by atoms with Gasteiger partial charge in [-0.25, -0.2) is 14.0 Å². The van der Waals surface area contributed by atoms with Crippen molar-refractivity contribution in [2.24, 2.45) is 0 Å². The molecular formula is C30H26FNO6. The SMILES string of the molecule is O=C(O)/C=C/CC[C@@H](Oc1ccccc1)[C@H](OC(=O)Nc1cccc2ccccc12)c1ccc(O)c(F)c1. The number of para-hydroxylation sites is 1. The number of aliphatic carboxylic acids is 1. The summed E-state index contributed by atoms with van der Waals surface area (Å²) in [6, 6.07) is 25.5. The lowest BCUT2D eigenvalue weighted by Gasteiger charge is -2.28. The molecular weight excluding hydrogens is 489 g/mol. The lowest BCUT2D eigenvalue weighted by molar-refractivity contribution is -0.131. The molecule has 0 radical (unpaired) electrons. The number of rotatable bonds is 10. The van der Waals surface area contributed by atoms with Crippen LogP contribution in [-0.2, 0) is 9.53 Å². The number of carboxylic acid groups (broad SMARTS) is 1. The Kier molecular flexibility index (Phi) is 8.56. The maximum atomic E-state index is 14.4. The van der Waals surface area contributed by atoms with E-state index >= 15 is 0 Å². The molecule has 38 heavy (non-hydrogen) atoms. The quantitative estimate of drug-likeness (QED) is 0.200. The van der Waals surface area contributed by atoms with Crippen LogP contribution >= 0.6 is 0 Å². The number of amides is 1. The van der Waals surface area contributed by atoms with Gasteiger partial charge in [0.1, 0.15) is 11.9 Å². The van der Waals surface area contributed by atoms with Gasteiger partial charge < -0.3 is 19.7 Å². The number of carbonyl (C=O) groups excluding carboxylic acids is 1. The second-order valence-corrected chi connectivity index (χ2v) is 8.48. The number of fused-ring (bicyclic) bond motifs is 1. The van der Waals surface area contributed by atoms with Crippen LogP contribution in [-0.4, -0.2) is 28.4 Å². The monoisotopic (exact) mass is 515 g/mol. The standard InChI is InChI=1S/C30H26FNO6/c31-24-19-21(17-18-26(24)33)29(27(15-6-7-16-28(34)35)37-22-11-2-1-3-12-22)38-30(36)32-25-14-8-10-20-9-4-5-13-23(20)25/h1-5,7-14,16-19,27,29,33H,6,15H2,(H,32,36)(H,34,35)/b16-7+/t27-,29-/m1/s1. The van der Waals surface area contributed by atoms with Crippen LogP contribution in [0.1, 0.15) is 24.5 Å². The second-order valence-electron chi connectivity index (χ2n) is 8.48. The summed E-state index contributed by atoms with van der Waals surface area (Å²) in [6.45, 7) is 0. The van der Waals surface area contributed by atoms with E-state index in [1.54, 1.807) is 36.4 Å². The minimum absolute atomic E-state index is 0.243. The summed E-state index contributed by atoms with van der Waals surface area (Å²) in [5, 5.41) is 23.1. The van der Waals surface area contributed by atoms with E-state index in [0.717, 1.165) is 22.9 Å². The number of phenolic OH excluding ortho intramolecular Hbond substituents is 1. The summed E-state index contributed by atoms with van der Waals surface area (Å²) in [6.07, 6.45) is 0.305. The molecule has 0 saturated heterocycles. The largest absolute Gasteiger partial charge is 0.505 e. The molecule has 0 bridgehead atoms. The number of hydrogen-bond acceptors (Lipinski definition) is 5. The van der Waals surface area contributed by atoms with Crippen LogP contribution in [0.2, 0.25) is 0 Å². The minimum atomic E-state index is -1.10. The molecule has 0 fully saturated rings. The van der Waals surface area contributed by atoms with Crippen LogP contribution in [0.25, 0.3) is 10.8 Å². The van der Waals surface area contributed by atoms with Gasteiger partial charge in [-0.15, -0.1) is 0 Å². The van der Waals surface area contributed by atoms with Gasteiger partial charge in [0.25, 0.3) is 0 Å². The number of ether oxygens (including phenoxy) is 2. The second kappa shape index (κ2) is 12.4. The van der Waals surface area contributed by atoms with Crippen molar-refractivity contribution >= 4 is 28.5 Å². The Hall–Kier alpha value is -4.85. The zero-order valence-electron chi connectivity index (χ0n) is 20.3.